The largest absolute Gasteiger partial charge is 0.339 e. The second-order valence-corrected chi connectivity index (χ2v) is 18.7. The van der Waals surface area contributed by atoms with Crippen LogP contribution >= 0.6 is 11.3 Å². The van der Waals surface area contributed by atoms with Crippen molar-refractivity contribution in [1.29, 1.82) is 10.5 Å². The maximum atomic E-state index is 12.0. The summed E-state index contributed by atoms with van der Waals surface area (Å²) in [6, 6.07) is 17.7. The predicted molar refractivity (Wildman–Crippen MR) is 210 cm³/mol. The van der Waals surface area contributed by atoms with Crippen molar-refractivity contribution in [3.05, 3.63) is 102 Å². The molecule has 22 nitrogen and oxygen atoms in total. The molecular weight excluding hydrogens is 889 g/mol. The highest BCUT2D eigenvalue weighted by Crippen LogP contribution is 2.41. The Morgan fingerprint density at radius 1 is 0.683 bits per heavy atom. The van der Waals surface area contributed by atoms with E-state index >= 15 is 0 Å². The molecule has 0 aliphatic heterocycles. The number of azo groups is 1. The minimum absolute atomic E-state index is 0.00744. The number of hydrogen-bond acceptors (Lipinski definition) is 18. The third-order valence-electron chi connectivity index (χ3n) is 8.05. The molecule has 3 aromatic heterocycles. The van der Waals surface area contributed by atoms with E-state index in [1.807, 2.05) is 12.1 Å². The number of nitriles is 2. The Morgan fingerprint density at radius 2 is 1.25 bits per heavy atom. The number of fused-ring (bicyclic) bond motifs is 1. The van der Waals surface area contributed by atoms with E-state index in [2.05, 4.69) is 36.2 Å². The minimum Gasteiger partial charge on any atom is -0.339 e. The summed E-state index contributed by atoms with van der Waals surface area (Å²) in [6.45, 7) is 1.51. The summed E-state index contributed by atoms with van der Waals surface area (Å²) in [4.78, 5) is 2.10. The maximum absolute atomic E-state index is 12.0. The van der Waals surface area contributed by atoms with Crippen LogP contribution in [0.5, 0.6) is 0 Å². The van der Waals surface area contributed by atoms with Gasteiger partial charge in [-0.1, -0.05) is 11.3 Å². The monoisotopic (exact) mass is 911 g/mol. The number of thiophene rings is 1. The first kappa shape index (κ1) is 42.9. The van der Waals surface area contributed by atoms with Crippen molar-refractivity contribution in [3.63, 3.8) is 0 Å². The SMILES string of the molecule is Cc1c(C#N)c(Nc2ccc(S(=O)(=O)O)cc2)nc(Nc2ccc(S(=O)(=O)O)cc2)c1N=Nc1sc(/N=N/[n+]2ccc3c(S(=O)(=O)O)cc(S(=O)(=O)O)cc3c2)cc1C#N. The van der Waals surface area contributed by atoms with E-state index < -0.39 is 55.2 Å². The fourth-order valence-corrected chi connectivity index (χ4v) is 8.32. The highest BCUT2D eigenvalue weighted by molar-refractivity contribution is 7.87. The van der Waals surface area contributed by atoms with Gasteiger partial charge in [-0.3, -0.25) is 18.2 Å². The van der Waals surface area contributed by atoms with Crippen LogP contribution in [0.1, 0.15) is 16.7 Å². The Bertz CT molecular complexity index is 3350. The molecule has 0 aliphatic carbocycles. The van der Waals surface area contributed by atoms with E-state index in [0.717, 1.165) is 52.5 Å². The van der Waals surface area contributed by atoms with Crippen molar-refractivity contribution in [3.8, 4) is 12.1 Å². The molecule has 0 saturated carbocycles. The van der Waals surface area contributed by atoms with E-state index in [4.69, 9.17) is 0 Å². The topological polar surface area (TPSA) is 355 Å². The predicted octanol–water partition coefficient (Wildman–Crippen LogP) is 6.07. The lowest BCUT2D eigenvalue weighted by Crippen LogP contribution is -2.25. The van der Waals surface area contributed by atoms with Gasteiger partial charge in [0, 0.05) is 33.8 Å². The number of hydrogen-bond donors (Lipinski definition) is 6. The zero-order valence-corrected chi connectivity index (χ0v) is 33.8. The van der Waals surface area contributed by atoms with Gasteiger partial charge in [-0.2, -0.15) is 44.2 Å². The summed E-state index contributed by atoms with van der Waals surface area (Å²) in [5, 5.41) is 42.4. The minimum atomic E-state index is -4.93. The van der Waals surface area contributed by atoms with E-state index in [0.29, 0.717) is 6.07 Å². The molecule has 3 aromatic carbocycles. The molecule has 0 aliphatic rings. The van der Waals surface area contributed by atoms with Gasteiger partial charge >= 0.3 is 0 Å². The summed E-state index contributed by atoms with van der Waals surface area (Å²) >= 11 is 0.834. The van der Waals surface area contributed by atoms with Crippen molar-refractivity contribution >= 4 is 101 Å². The Kier molecular flexibility index (Phi) is 11.6. The van der Waals surface area contributed by atoms with E-state index in [1.54, 1.807) is 0 Å². The first-order valence-corrected chi connectivity index (χ1v) is 22.6. The van der Waals surface area contributed by atoms with Crippen LogP contribution in [0.4, 0.5) is 38.7 Å². The lowest BCUT2D eigenvalue weighted by Gasteiger charge is -2.16. The van der Waals surface area contributed by atoms with E-state index in [1.165, 1.54) is 49.5 Å². The average molecular weight is 912 g/mol. The first-order valence-electron chi connectivity index (χ1n) is 16.0. The summed E-state index contributed by atoms with van der Waals surface area (Å²) < 4.78 is 133. The molecule has 0 atom stereocenters. The number of nitrogens with one attached hydrogen (secondary N) is 2. The van der Waals surface area contributed by atoms with Gasteiger partial charge in [0.2, 0.25) is 0 Å². The molecule has 0 radical (unpaired) electrons. The van der Waals surface area contributed by atoms with Gasteiger partial charge in [0.1, 0.15) is 40.3 Å². The van der Waals surface area contributed by atoms with Gasteiger partial charge in [-0.25, -0.2) is 4.98 Å². The summed E-state index contributed by atoms with van der Waals surface area (Å²) in [5.41, 5.74) is 0.599. The molecule has 6 aromatic rings. The van der Waals surface area contributed by atoms with Crippen LogP contribution in [0.15, 0.2) is 125 Å². The Balaban J connectivity index is 1.38. The molecule has 0 unspecified atom stereocenters. The van der Waals surface area contributed by atoms with Crippen molar-refractivity contribution < 1.29 is 56.6 Å². The second-order valence-electron chi connectivity index (χ2n) is 12.0. The molecule has 27 heteroatoms. The van der Waals surface area contributed by atoms with Crippen LogP contribution in [0.25, 0.3) is 10.8 Å². The Morgan fingerprint density at radius 3 is 1.77 bits per heavy atom. The summed E-state index contributed by atoms with van der Waals surface area (Å²) in [7, 11) is -18.9. The molecule has 0 bridgehead atoms. The number of nitrogens with zero attached hydrogens (tertiary/aromatic N) is 8. The van der Waals surface area contributed by atoms with Crippen molar-refractivity contribution in [2.75, 3.05) is 10.6 Å². The maximum Gasteiger partial charge on any atom is 0.295 e. The van der Waals surface area contributed by atoms with Crippen molar-refractivity contribution in [2.24, 2.45) is 20.6 Å². The van der Waals surface area contributed by atoms with Crippen LogP contribution in [-0.4, -0.2) is 56.9 Å². The van der Waals surface area contributed by atoms with E-state index in [-0.39, 0.29) is 71.1 Å². The van der Waals surface area contributed by atoms with Gasteiger partial charge in [0.05, 0.1) is 30.9 Å². The molecule has 3 heterocycles. The molecule has 0 spiro atoms. The van der Waals surface area contributed by atoms with Crippen LogP contribution in [0.2, 0.25) is 0 Å². The lowest BCUT2D eigenvalue weighted by molar-refractivity contribution is -0.684. The fourth-order valence-electron chi connectivity index (χ4n) is 5.25. The normalized spacial score (nSPS) is 12.4. The quantitative estimate of drug-likeness (QED) is 0.0460. The molecule has 0 amide bonds. The fraction of sp³-hybridized carbons (Fsp3) is 0.0303. The van der Waals surface area contributed by atoms with Crippen LogP contribution in [-0.2, 0) is 40.5 Å². The molecule has 306 valence electrons. The summed E-state index contributed by atoms with van der Waals surface area (Å²) in [6.07, 6.45) is 2.38. The highest BCUT2D eigenvalue weighted by atomic mass is 32.2. The van der Waals surface area contributed by atoms with Crippen LogP contribution in [0, 0.1) is 29.6 Å². The van der Waals surface area contributed by atoms with Crippen LogP contribution in [0.3, 0.4) is 0 Å². The smallest absolute Gasteiger partial charge is 0.295 e. The van der Waals surface area contributed by atoms with Gasteiger partial charge in [-0.05, 0) is 73.7 Å². The third kappa shape index (κ3) is 9.61. The number of rotatable bonds is 12. The zero-order chi connectivity index (χ0) is 43.8. The molecule has 6 rings (SSSR count). The summed E-state index contributed by atoms with van der Waals surface area (Å²) in [5.74, 6) is -0.0966. The lowest BCUT2D eigenvalue weighted by atomic mass is 10.1. The Hall–Kier alpha value is -6.66. The number of benzene rings is 3. The molecule has 0 fully saturated rings. The van der Waals surface area contributed by atoms with Crippen molar-refractivity contribution in [1.82, 2.24) is 4.98 Å². The van der Waals surface area contributed by atoms with Gasteiger partial charge in [0.25, 0.3) is 45.5 Å². The van der Waals surface area contributed by atoms with Crippen LogP contribution < -0.4 is 15.3 Å². The number of aromatic nitrogens is 2. The van der Waals surface area contributed by atoms with Gasteiger partial charge in [0.15, 0.2) is 16.6 Å². The van der Waals surface area contributed by atoms with Gasteiger partial charge in [-0.15, -0.1) is 14.9 Å². The molecule has 6 N–H and O–H groups in total. The second kappa shape index (κ2) is 16.2. The highest BCUT2D eigenvalue weighted by Gasteiger charge is 2.23. The third-order valence-corrected chi connectivity index (χ3v) is 12.4. The zero-order valence-electron chi connectivity index (χ0n) is 29.8. The number of pyridine rings is 2. The number of anilines is 4. The molecular formula is C33H23N10O12S5+. The molecule has 60 heavy (non-hydrogen) atoms. The van der Waals surface area contributed by atoms with Gasteiger partial charge < -0.3 is 10.6 Å². The molecule has 0 saturated heterocycles. The van der Waals surface area contributed by atoms with Crippen molar-refractivity contribution in [2.45, 2.75) is 26.5 Å². The standard InChI is InChI=1S/C33H22N10O12S5/c1-18-27(16-35)31(36-21-2-6-23(7-3-21)57(44,45)46)38-32(37-22-4-8-24(9-5-22)58(47,48)49)30(18)40-41-33-19(15-34)13-29(56-33)39-42-43-11-10-26-20(17-43)12-25(59(50,51)52)14-28(26)60(53,54)55/h2-14,17H,1H3,(H5-,36,37,38,44,45,46,47,48,49,50,51,52,53,54,55)/p+1/b41-40?,42-39+. The Labute approximate surface area is 343 Å². The first-order chi connectivity index (χ1) is 28.0. The van der Waals surface area contributed by atoms with E-state index in [9.17, 15) is 62.4 Å². The average Bonchev–Trinajstić information content (AvgIpc) is 3.57.